The summed E-state index contributed by atoms with van der Waals surface area (Å²) >= 11 is 28.4. The fraction of sp³-hybridized carbons (Fsp3) is 1.00. The third-order valence-electron chi connectivity index (χ3n) is 3.63. The molecule has 0 bridgehead atoms. The quantitative estimate of drug-likeness (QED) is 0.237. The van der Waals surface area contributed by atoms with Crippen LogP contribution in [-0.4, -0.2) is 29.5 Å². The first-order valence-electron chi connectivity index (χ1n) is 7.73. The SMILES string of the molecule is CC(C)N(C(C)C)P([Si](Cl)(Cl)C(C)(C)C)[Si](Cl)(Cl)C(C)(C)C. The Balaban J connectivity index is 6.36. The van der Waals surface area contributed by atoms with Crippen molar-refractivity contribution in [1.29, 1.82) is 0 Å². The van der Waals surface area contributed by atoms with E-state index in [-0.39, 0.29) is 10.1 Å². The molecule has 8 heteroatoms. The lowest BCUT2D eigenvalue weighted by Gasteiger charge is -2.53. The summed E-state index contributed by atoms with van der Waals surface area (Å²) in [6, 6.07) is 0.620. The second-order valence-corrected chi connectivity index (χ2v) is 33.7. The van der Waals surface area contributed by atoms with Gasteiger partial charge in [0.15, 0.2) is 0 Å². The predicted molar refractivity (Wildman–Crippen MR) is 113 cm³/mol. The maximum absolute atomic E-state index is 7.11. The molecule has 22 heavy (non-hydrogen) atoms. The molecule has 0 unspecified atom stereocenters. The van der Waals surface area contributed by atoms with Crippen LogP contribution in [0, 0.1) is 0 Å². The molecule has 0 rings (SSSR count). The van der Waals surface area contributed by atoms with Crippen LogP contribution in [0.2, 0.25) is 10.1 Å². The van der Waals surface area contributed by atoms with Gasteiger partial charge in [-0.3, -0.25) is 4.67 Å². The average molecular weight is 443 g/mol. The van der Waals surface area contributed by atoms with Crippen LogP contribution in [-0.2, 0) is 0 Å². The zero-order chi connectivity index (χ0) is 18.3. The predicted octanol–water partition coefficient (Wildman–Crippen LogP) is 7.94. The summed E-state index contributed by atoms with van der Waals surface area (Å²) in [6.45, 7) is 21.4. The Morgan fingerprint density at radius 2 is 0.909 bits per heavy atom. The van der Waals surface area contributed by atoms with Crippen LogP contribution in [0.4, 0.5) is 0 Å². The number of hydrogen-bond acceptors (Lipinski definition) is 1. The van der Waals surface area contributed by atoms with Gasteiger partial charge >= 0.3 is 0 Å². The first kappa shape index (κ1) is 24.0. The fourth-order valence-corrected chi connectivity index (χ4v) is 45.4. The molecule has 0 amide bonds. The van der Waals surface area contributed by atoms with Crippen molar-refractivity contribution in [2.24, 2.45) is 0 Å². The molecule has 0 aliphatic carbocycles. The van der Waals surface area contributed by atoms with Crippen LogP contribution < -0.4 is 0 Å². The first-order valence-corrected chi connectivity index (χ1v) is 18.8. The molecule has 0 saturated heterocycles. The van der Waals surface area contributed by atoms with Crippen LogP contribution in [0.5, 0.6) is 0 Å². The van der Waals surface area contributed by atoms with Crippen molar-refractivity contribution in [3.05, 3.63) is 0 Å². The normalized spacial score (nSPS) is 15.5. The van der Waals surface area contributed by atoms with Crippen molar-refractivity contribution in [2.75, 3.05) is 0 Å². The number of halogens is 4. The molecule has 0 spiro atoms. The maximum Gasteiger partial charge on any atom is 0.292 e. The molecule has 0 atom stereocenters. The molecule has 0 aromatic carbocycles. The van der Waals surface area contributed by atoms with E-state index in [1.165, 1.54) is 0 Å². The highest BCUT2D eigenvalue weighted by Gasteiger charge is 2.64. The highest BCUT2D eigenvalue weighted by molar-refractivity contribution is 8.35. The van der Waals surface area contributed by atoms with E-state index in [0.717, 1.165) is 0 Å². The summed E-state index contributed by atoms with van der Waals surface area (Å²) in [4.78, 5) is 0. The Morgan fingerprint density at radius 3 is 1.05 bits per heavy atom. The summed E-state index contributed by atoms with van der Waals surface area (Å²) < 4.78 is 2.42. The Bertz CT molecular complexity index is 342. The van der Waals surface area contributed by atoms with Crippen LogP contribution >= 0.6 is 51.5 Å². The fourth-order valence-electron chi connectivity index (χ4n) is 2.16. The lowest BCUT2D eigenvalue weighted by Crippen LogP contribution is -2.51. The van der Waals surface area contributed by atoms with Gasteiger partial charge in [0.25, 0.3) is 12.7 Å². The smallest absolute Gasteiger partial charge is 0.280 e. The van der Waals surface area contributed by atoms with Gasteiger partial charge in [-0.25, -0.2) is 0 Å². The molecule has 0 aromatic heterocycles. The van der Waals surface area contributed by atoms with E-state index in [0.29, 0.717) is 12.1 Å². The summed E-state index contributed by atoms with van der Waals surface area (Å²) in [6.07, 6.45) is -5.47. The van der Waals surface area contributed by atoms with Gasteiger partial charge in [0.2, 0.25) is 0 Å². The monoisotopic (exact) mass is 441 g/mol. The molecular formula is C14H32Cl4NPSi2. The van der Waals surface area contributed by atoms with Crippen LogP contribution in [0.1, 0.15) is 69.2 Å². The molecule has 0 aromatic rings. The largest absolute Gasteiger partial charge is 0.292 e. The van der Waals surface area contributed by atoms with Gasteiger partial charge in [0, 0.05) is 19.3 Å². The minimum atomic E-state index is -2.74. The standard InChI is InChI=1S/C14H32Cl4NPSi2/c1-11(2)19(12(3)4)20(21(15,16)13(5,6)7)22(17,18)14(8,9)10/h11-12H,1-10H3. The van der Waals surface area contributed by atoms with E-state index < -0.39 is 19.9 Å². The summed E-state index contributed by atoms with van der Waals surface area (Å²) in [5, 5.41) is -0.367. The van der Waals surface area contributed by atoms with Crippen molar-refractivity contribution >= 4 is 64.2 Å². The molecule has 0 N–H and O–H groups in total. The third-order valence-corrected chi connectivity index (χ3v) is 42.0. The summed E-state index contributed by atoms with van der Waals surface area (Å²) in [7, 11) is -0.993. The van der Waals surface area contributed by atoms with Gasteiger partial charge in [-0.2, -0.15) is 0 Å². The maximum atomic E-state index is 7.11. The molecule has 134 valence electrons. The summed E-state index contributed by atoms with van der Waals surface area (Å²) in [5.41, 5.74) is 0. The minimum Gasteiger partial charge on any atom is -0.280 e. The van der Waals surface area contributed by atoms with Crippen molar-refractivity contribution in [3.8, 4) is 0 Å². The number of hydrogen-bond donors (Lipinski definition) is 0. The molecular weight excluding hydrogens is 411 g/mol. The van der Waals surface area contributed by atoms with Crippen molar-refractivity contribution in [1.82, 2.24) is 4.67 Å². The number of rotatable bonds is 5. The zero-order valence-corrected chi connectivity index (χ0v) is 21.5. The van der Waals surface area contributed by atoms with Crippen LogP contribution in [0.15, 0.2) is 0 Å². The first-order chi connectivity index (χ1) is 9.39. The van der Waals surface area contributed by atoms with E-state index in [2.05, 4.69) is 73.9 Å². The lowest BCUT2D eigenvalue weighted by atomic mass is 10.3. The average Bonchev–Trinajstić information content (AvgIpc) is 2.20. The molecule has 1 nitrogen and oxygen atoms in total. The minimum absolute atomic E-state index is 0.183. The van der Waals surface area contributed by atoms with Crippen LogP contribution in [0.3, 0.4) is 0 Å². The van der Waals surface area contributed by atoms with Gasteiger partial charge in [-0.05, 0) is 37.8 Å². The van der Waals surface area contributed by atoms with Crippen molar-refractivity contribution < 1.29 is 0 Å². The highest BCUT2D eigenvalue weighted by Crippen LogP contribution is 2.75. The van der Waals surface area contributed by atoms with E-state index >= 15 is 0 Å². The van der Waals surface area contributed by atoms with Crippen molar-refractivity contribution in [3.63, 3.8) is 0 Å². The molecule has 0 saturated carbocycles. The van der Waals surface area contributed by atoms with E-state index in [9.17, 15) is 0 Å². The van der Waals surface area contributed by atoms with E-state index in [1.807, 2.05) is 0 Å². The van der Waals surface area contributed by atoms with Gasteiger partial charge in [0.1, 0.15) is 0 Å². The van der Waals surface area contributed by atoms with Crippen LogP contribution in [0.25, 0.3) is 0 Å². The summed E-state index contributed by atoms with van der Waals surface area (Å²) in [5.74, 6) is 0. The second-order valence-electron chi connectivity index (χ2n) is 8.46. The Kier molecular flexibility index (Phi) is 8.39. The second kappa shape index (κ2) is 7.70. The zero-order valence-electron chi connectivity index (χ0n) is 15.6. The molecule has 0 heterocycles. The van der Waals surface area contributed by atoms with E-state index in [1.54, 1.807) is 0 Å². The molecule has 0 fully saturated rings. The van der Waals surface area contributed by atoms with E-state index in [4.69, 9.17) is 44.3 Å². The topological polar surface area (TPSA) is 3.24 Å². The van der Waals surface area contributed by atoms with Gasteiger partial charge < -0.3 is 0 Å². The third kappa shape index (κ3) is 5.00. The van der Waals surface area contributed by atoms with Gasteiger partial charge in [0.05, 0.1) is 0 Å². The van der Waals surface area contributed by atoms with Crippen molar-refractivity contribution in [2.45, 2.75) is 91.4 Å². The Hall–Kier alpha value is 1.98. The molecule has 0 radical (unpaired) electrons. The Labute approximate surface area is 159 Å². The highest BCUT2D eigenvalue weighted by atomic mass is 35.7. The van der Waals surface area contributed by atoms with Gasteiger partial charge in [-0.15, -0.1) is 44.3 Å². The molecule has 0 aliphatic rings. The lowest BCUT2D eigenvalue weighted by molar-refractivity contribution is 0.329. The van der Waals surface area contributed by atoms with Gasteiger partial charge in [-0.1, -0.05) is 41.5 Å². The number of nitrogens with zero attached hydrogens (tertiary/aromatic N) is 1. The molecule has 0 aliphatic heterocycles. The Morgan fingerprint density at radius 1 is 0.682 bits per heavy atom.